The molecule has 1 aromatic rings. The molecule has 1 unspecified atom stereocenters. The number of nitrogens with one attached hydrogen (secondary N) is 1. The predicted molar refractivity (Wildman–Crippen MR) is 69.0 cm³/mol. The first kappa shape index (κ1) is 14.7. The van der Waals surface area contributed by atoms with Crippen molar-refractivity contribution in [1.29, 1.82) is 0 Å². The Hall–Kier alpha value is -1.74. The number of ether oxygens (including phenoxy) is 1. The topological polar surface area (TPSA) is 125 Å². The quantitative estimate of drug-likeness (QED) is 0.518. The number of aromatic amines is 1. The van der Waals surface area contributed by atoms with Gasteiger partial charge in [0.25, 0.3) is 5.56 Å². The second-order valence-corrected chi connectivity index (χ2v) is 4.48. The van der Waals surface area contributed by atoms with Gasteiger partial charge in [0.2, 0.25) is 0 Å². The molecule has 1 fully saturated rings. The SMILES string of the molecule is C/C=C/c1cn([C@@H]2O[C@H](CO)C(O)[C@H]2O)c(=O)[nH]c1=O. The van der Waals surface area contributed by atoms with Crippen molar-refractivity contribution in [3.8, 4) is 0 Å². The van der Waals surface area contributed by atoms with Crippen molar-refractivity contribution in [2.24, 2.45) is 0 Å². The van der Waals surface area contributed by atoms with Crippen LogP contribution in [0.25, 0.3) is 6.08 Å². The summed E-state index contributed by atoms with van der Waals surface area (Å²) in [5, 5.41) is 28.6. The maximum atomic E-state index is 11.8. The molecule has 0 spiro atoms. The molecule has 2 rings (SSSR count). The van der Waals surface area contributed by atoms with E-state index in [4.69, 9.17) is 9.84 Å². The van der Waals surface area contributed by atoms with Crippen molar-refractivity contribution in [3.63, 3.8) is 0 Å². The molecule has 4 N–H and O–H groups in total. The van der Waals surface area contributed by atoms with Gasteiger partial charge in [-0.3, -0.25) is 14.3 Å². The lowest BCUT2D eigenvalue weighted by Crippen LogP contribution is -2.38. The summed E-state index contributed by atoms with van der Waals surface area (Å²) >= 11 is 0. The summed E-state index contributed by atoms with van der Waals surface area (Å²) in [6, 6.07) is 0. The van der Waals surface area contributed by atoms with Crippen LogP contribution >= 0.6 is 0 Å². The zero-order valence-corrected chi connectivity index (χ0v) is 10.8. The Kier molecular flexibility index (Phi) is 4.19. The standard InChI is InChI=1S/C12H16N2O6/c1-2-3-6-4-14(12(19)13-10(6)18)11-9(17)8(16)7(5-15)20-11/h2-4,7-9,11,15-17H,5H2,1H3,(H,13,18,19)/b3-2+/t7-,8?,9-,11-/m1/s1. The average Bonchev–Trinajstić information content (AvgIpc) is 2.70. The van der Waals surface area contributed by atoms with Crippen LogP contribution in [0, 0.1) is 0 Å². The second-order valence-electron chi connectivity index (χ2n) is 4.48. The molecule has 0 amide bonds. The molecular formula is C12H16N2O6. The molecule has 20 heavy (non-hydrogen) atoms. The number of allylic oxidation sites excluding steroid dienone is 1. The van der Waals surface area contributed by atoms with Crippen LogP contribution in [0.15, 0.2) is 21.9 Å². The molecule has 0 aliphatic carbocycles. The van der Waals surface area contributed by atoms with Gasteiger partial charge in [-0.2, -0.15) is 0 Å². The predicted octanol–water partition coefficient (Wildman–Crippen LogP) is -1.82. The van der Waals surface area contributed by atoms with Gasteiger partial charge in [-0.05, 0) is 6.92 Å². The van der Waals surface area contributed by atoms with E-state index >= 15 is 0 Å². The fourth-order valence-electron chi connectivity index (χ4n) is 2.10. The highest BCUT2D eigenvalue weighted by Gasteiger charge is 2.43. The summed E-state index contributed by atoms with van der Waals surface area (Å²) in [7, 11) is 0. The minimum absolute atomic E-state index is 0.213. The number of aromatic nitrogens is 2. The van der Waals surface area contributed by atoms with E-state index in [2.05, 4.69) is 4.98 Å². The van der Waals surface area contributed by atoms with Crippen LogP contribution in [-0.2, 0) is 4.74 Å². The van der Waals surface area contributed by atoms with E-state index in [1.54, 1.807) is 13.0 Å². The van der Waals surface area contributed by atoms with Crippen LogP contribution in [0.3, 0.4) is 0 Å². The summed E-state index contributed by atoms with van der Waals surface area (Å²) in [5.74, 6) is 0. The lowest BCUT2D eigenvalue weighted by Gasteiger charge is -2.17. The molecule has 2 heterocycles. The number of aliphatic hydroxyl groups excluding tert-OH is 3. The van der Waals surface area contributed by atoms with Crippen molar-refractivity contribution in [2.75, 3.05) is 6.61 Å². The number of nitrogens with zero attached hydrogens (tertiary/aromatic N) is 1. The van der Waals surface area contributed by atoms with E-state index in [-0.39, 0.29) is 5.56 Å². The van der Waals surface area contributed by atoms with E-state index in [1.165, 1.54) is 12.3 Å². The zero-order chi connectivity index (χ0) is 14.9. The van der Waals surface area contributed by atoms with Crippen molar-refractivity contribution in [1.82, 2.24) is 9.55 Å². The number of hydrogen-bond donors (Lipinski definition) is 4. The Bertz CT molecular complexity index is 619. The molecule has 8 nitrogen and oxygen atoms in total. The lowest BCUT2D eigenvalue weighted by atomic mass is 10.1. The fourth-order valence-corrected chi connectivity index (χ4v) is 2.10. The molecule has 1 aliphatic rings. The number of hydrogen-bond acceptors (Lipinski definition) is 6. The van der Waals surface area contributed by atoms with E-state index in [0.717, 1.165) is 4.57 Å². The molecular weight excluding hydrogens is 268 g/mol. The molecule has 110 valence electrons. The molecule has 0 aromatic carbocycles. The van der Waals surface area contributed by atoms with Gasteiger partial charge in [-0.1, -0.05) is 12.2 Å². The summed E-state index contributed by atoms with van der Waals surface area (Å²) in [6.07, 6.45) is -0.494. The average molecular weight is 284 g/mol. The lowest BCUT2D eigenvalue weighted by molar-refractivity contribution is -0.0550. The number of H-pyrrole nitrogens is 1. The van der Waals surface area contributed by atoms with Gasteiger partial charge in [0, 0.05) is 6.20 Å². The van der Waals surface area contributed by atoms with Crippen molar-refractivity contribution in [2.45, 2.75) is 31.5 Å². The highest BCUT2D eigenvalue weighted by Crippen LogP contribution is 2.27. The molecule has 0 radical (unpaired) electrons. The highest BCUT2D eigenvalue weighted by molar-refractivity contribution is 5.45. The summed E-state index contributed by atoms with van der Waals surface area (Å²) in [6.45, 7) is 1.22. The molecule has 4 atom stereocenters. The summed E-state index contributed by atoms with van der Waals surface area (Å²) in [4.78, 5) is 25.4. The number of aliphatic hydroxyl groups is 3. The van der Waals surface area contributed by atoms with Gasteiger partial charge in [0.15, 0.2) is 6.23 Å². The van der Waals surface area contributed by atoms with Crippen LogP contribution < -0.4 is 11.2 Å². The third kappa shape index (κ3) is 2.46. The number of rotatable bonds is 3. The Morgan fingerprint density at radius 3 is 2.65 bits per heavy atom. The van der Waals surface area contributed by atoms with Crippen LogP contribution in [-0.4, -0.2) is 49.8 Å². The monoisotopic (exact) mass is 284 g/mol. The van der Waals surface area contributed by atoms with Crippen LogP contribution in [0.2, 0.25) is 0 Å². The van der Waals surface area contributed by atoms with Gasteiger partial charge in [-0.25, -0.2) is 4.79 Å². The molecule has 1 aliphatic heterocycles. The highest BCUT2D eigenvalue weighted by atomic mass is 16.6. The first-order valence-electron chi connectivity index (χ1n) is 6.10. The molecule has 1 aromatic heterocycles. The normalized spacial score (nSPS) is 30.2. The van der Waals surface area contributed by atoms with Crippen LogP contribution in [0.5, 0.6) is 0 Å². The molecule has 0 saturated carbocycles. The van der Waals surface area contributed by atoms with Gasteiger partial charge in [0.1, 0.15) is 18.3 Å². The minimum atomic E-state index is -1.38. The van der Waals surface area contributed by atoms with Crippen molar-refractivity contribution >= 4 is 6.08 Å². The van der Waals surface area contributed by atoms with E-state index in [9.17, 15) is 19.8 Å². The maximum Gasteiger partial charge on any atom is 0.330 e. The Balaban J connectivity index is 2.46. The second kappa shape index (κ2) is 5.71. The molecule has 8 heteroatoms. The van der Waals surface area contributed by atoms with Gasteiger partial charge >= 0.3 is 5.69 Å². The summed E-state index contributed by atoms with van der Waals surface area (Å²) < 4.78 is 6.23. The third-order valence-electron chi connectivity index (χ3n) is 3.13. The molecule has 1 saturated heterocycles. The Labute approximate surface area is 113 Å². The zero-order valence-electron chi connectivity index (χ0n) is 10.8. The first-order valence-corrected chi connectivity index (χ1v) is 6.10. The largest absolute Gasteiger partial charge is 0.394 e. The smallest absolute Gasteiger partial charge is 0.330 e. The maximum absolute atomic E-state index is 11.8. The first-order chi connectivity index (χ1) is 9.49. The van der Waals surface area contributed by atoms with E-state index in [0.29, 0.717) is 0 Å². The van der Waals surface area contributed by atoms with E-state index in [1.807, 2.05) is 0 Å². The van der Waals surface area contributed by atoms with Gasteiger partial charge < -0.3 is 20.1 Å². The van der Waals surface area contributed by atoms with Gasteiger partial charge in [0.05, 0.1) is 12.2 Å². The third-order valence-corrected chi connectivity index (χ3v) is 3.13. The summed E-state index contributed by atoms with van der Waals surface area (Å²) in [5.41, 5.74) is -1.11. The van der Waals surface area contributed by atoms with Crippen molar-refractivity contribution < 1.29 is 20.1 Å². The molecule has 0 bridgehead atoms. The minimum Gasteiger partial charge on any atom is -0.394 e. The fraction of sp³-hybridized carbons (Fsp3) is 0.500. The van der Waals surface area contributed by atoms with E-state index < -0.39 is 42.4 Å². The van der Waals surface area contributed by atoms with Crippen LogP contribution in [0.4, 0.5) is 0 Å². The van der Waals surface area contributed by atoms with Gasteiger partial charge in [-0.15, -0.1) is 0 Å². The Morgan fingerprint density at radius 1 is 1.40 bits per heavy atom. The van der Waals surface area contributed by atoms with Crippen molar-refractivity contribution in [3.05, 3.63) is 38.7 Å². The Morgan fingerprint density at radius 2 is 2.10 bits per heavy atom. The van der Waals surface area contributed by atoms with Crippen LogP contribution in [0.1, 0.15) is 18.7 Å².